The zero-order valence-corrected chi connectivity index (χ0v) is 12.3. The summed E-state index contributed by atoms with van der Waals surface area (Å²) in [5, 5.41) is 0. The maximum Gasteiger partial charge on any atom is 0.224 e. The smallest absolute Gasteiger partial charge is 0.224 e. The van der Waals surface area contributed by atoms with Gasteiger partial charge in [0.2, 0.25) is 11.8 Å². The molecule has 6 heteroatoms. The predicted molar refractivity (Wildman–Crippen MR) is 77.3 cm³/mol. The summed E-state index contributed by atoms with van der Waals surface area (Å²) in [5.41, 5.74) is 0.964. The van der Waals surface area contributed by atoms with E-state index in [9.17, 15) is 9.59 Å². The van der Waals surface area contributed by atoms with Crippen molar-refractivity contribution in [2.24, 2.45) is 0 Å². The van der Waals surface area contributed by atoms with Crippen LogP contribution in [0.15, 0.2) is 24.5 Å². The van der Waals surface area contributed by atoms with Gasteiger partial charge >= 0.3 is 0 Å². The Morgan fingerprint density at radius 3 is 2.76 bits per heavy atom. The first kappa shape index (κ1) is 15.4. The van der Waals surface area contributed by atoms with Crippen LogP contribution in [-0.4, -0.2) is 59.4 Å². The van der Waals surface area contributed by atoms with Crippen LogP contribution in [0.3, 0.4) is 0 Å². The van der Waals surface area contributed by atoms with E-state index in [4.69, 9.17) is 4.74 Å². The minimum absolute atomic E-state index is 0.0337. The predicted octanol–water partition coefficient (Wildman–Crippen LogP) is 0.679. The molecule has 1 aromatic heterocycles. The highest BCUT2D eigenvalue weighted by molar-refractivity contribution is 5.78. The standard InChI is InChI=1S/C15H21N3O3/c1-13(19)18(12-14-3-2-5-16-11-14)6-4-15(20)17-7-9-21-10-8-17/h2-3,5,11H,4,6-10,12H2,1H3. The van der Waals surface area contributed by atoms with Crippen LogP contribution in [0.5, 0.6) is 0 Å². The van der Waals surface area contributed by atoms with Gasteiger partial charge in [0.15, 0.2) is 0 Å². The van der Waals surface area contributed by atoms with Gasteiger partial charge < -0.3 is 14.5 Å². The molecule has 21 heavy (non-hydrogen) atoms. The Morgan fingerprint density at radius 2 is 2.14 bits per heavy atom. The first-order valence-corrected chi connectivity index (χ1v) is 7.17. The Balaban J connectivity index is 1.85. The largest absolute Gasteiger partial charge is 0.378 e. The van der Waals surface area contributed by atoms with Crippen molar-refractivity contribution in [1.29, 1.82) is 0 Å². The Labute approximate surface area is 124 Å². The molecule has 0 N–H and O–H groups in total. The van der Waals surface area contributed by atoms with E-state index in [0.29, 0.717) is 45.8 Å². The molecule has 0 aliphatic carbocycles. The van der Waals surface area contributed by atoms with Gasteiger partial charge in [0.25, 0.3) is 0 Å². The molecule has 2 heterocycles. The lowest BCUT2D eigenvalue weighted by Gasteiger charge is -2.28. The van der Waals surface area contributed by atoms with Gasteiger partial charge in [0.05, 0.1) is 13.2 Å². The number of hydrogen-bond acceptors (Lipinski definition) is 4. The highest BCUT2D eigenvalue weighted by Gasteiger charge is 2.18. The molecule has 1 aliphatic rings. The van der Waals surface area contributed by atoms with Crippen molar-refractivity contribution in [3.05, 3.63) is 30.1 Å². The third-order valence-electron chi connectivity index (χ3n) is 3.50. The van der Waals surface area contributed by atoms with Gasteiger partial charge in [-0.3, -0.25) is 14.6 Å². The highest BCUT2D eigenvalue weighted by atomic mass is 16.5. The van der Waals surface area contributed by atoms with E-state index in [2.05, 4.69) is 4.98 Å². The summed E-state index contributed by atoms with van der Waals surface area (Å²) in [6.45, 7) is 4.91. The Bertz CT molecular complexity index is 472. The molecule has 0 unspecified atom stereocenters. The van der Waals surface area contributed by atoms with Crippen molar-refractivity contribution in [3.8, 4) is 0 Å². The van der Waals surface area contributed by atoms with Crippen LogP contribution in [-0.2, 0) is 20.9 Å². The first-order valence-electron chi connectivity index (χ1n) is 7.17. The van der Waals surface area contributed by atoms with Gasteiger partial charge in [-0.1, -0.05) is 6.07 Å². The topological polar surface area (TPSA) is 62.7 Å². The van der Waals surface area contributed by atoms with E-state index in [1.165, 1.54) is 6.92 Å². The second kappa shape index (κ2) is 7.73. The Kier molecular flexibility index (Phi) is 5.68. The number of rotatable bonds is 5. The summed E-state index contributed by atoms with van der Waals surface area (Å²) < 4.78 is 5.23. The van der Waals surface area contributed by atoms with E-state index in [1.54, 1.807) is 22.2 Å². The van der Waals surface area contributed by atoms with E-state index < -0.39 is 0 Å². The van der Waals surface area contributed by atoms with E-state index in [-0.39, 0.29) is 11.8 Å². The van der Waals surface area contributed by atoms with Crippen molar-refractivity contribution in [3.63, 3.8) is 0 Å². The van der Waals surface area contributed by atoms with E-state index in [1.807, 2.05) is 12.1 Å². The number of nitrogens with zero attached hydrogens (tertiary/aromatic N) is 3. The molecule has 0 spiro atoms. The van der Waals surface area contributed by atoms with Crippen molar-refractivity contribution < 1.29 is 14.3 Å². The maximum atomic E-state index is 12.1. The van der Waals surface area contributed by atoms with Crippen LogP contribution in [0, 0.1) is 0 Å². The van der Waals surface area contributed by atoms with Crippen molar-refractivity contribution in [2.45, 2.75) is 19.9 Å². The van der Waals surface area contributed by atoms with Crippen molar-refractivity contribution in [2.75, 3.05) is 32.8 Å². The monoisotopic (exact) mass is 291 g/mol. The van der Waals surface area contributed by atoms with Crippen LogP contribution < -0.4 is 0 Å². The molecule has 2 rings (SSSR count). The number of carbonyl (C=O) groups excluding carboxylic acids is 2. The van der Waals surface area contributed by atoms with Gasteiger partial charge in [-0.25, -0.2) is 0 Å². The van der Waals surface area contributed by atoms with E-state index >= 15 is 0 Å². The van der Waals surface area contributed by atoms with Crippen LogP contribution in [0.2, 0.25) is 0 Å². The third kappa shape index (κ3) is 4.82. The van der Waals surface area contributed by atoms with Crippen LogP contribution in [0.4, 0.5) is 0 Å². The van der Waals surface area contributed by atoms with Crippen LogP contribution in [0.25, 0.3) is 0 Å². The molecule has 1 fully saturated rings. The van der Waals surface area contributed by atoms with Crippen LogP contribution in [0.1, 0.15) is 18.9 Å². The molecule has 0 atom stereocenters. The molecule has 0 saturated carbocycles. The molecule has 0 radical (unpaired) electrons. The second-order valence-corrected chi connectivity index (χ2v) is 5.05. The van der Waals surface area contributed by atoms with Gasteiger partial charge in [0.1, 0.15) is 0 Å². The van der Waals surface area contributed by atoms with Crippen LogP contribution >= 0.6 is 0 Å². The summed E-state index contributed by atoms with van der Waals surface area (Å²) in [6, 6.07) is 3.76. The molecule has 1 aliphatic heterocycles. The third-order valence-corrected chi connectivity index (χ3v) is 3.50. The first-order chi connectivity index (χ1) is 10.2. The zero-order chi connectivity index (χ0) is 15.1. The summed E-state index contributed by atoms with van der Waals surface area (Å²) in [7, 11) is 0. The molecule has 6 nitrogen and oxygen atoms in total. The Morgan fingerprint density at radius 1 is 1.38 bits per heavy atom. The van der Waals surface area contributed by atoms with Gasteiger partial charge in [-0.2, -0.15) is 0 Å². The number of carbonyl (C=O) groups is 2. The van der Waals surface area contributed by atoms with Crippen molar-refractivity contribution >= 4 is 11.8 Å². The fraction of sp³-hybridized carbons (Fsp3) is 0.533. The summed E-state index contributed by atoms with van der Waals surface area (Å²) in [6.07, 6.45) is 3.78. The number of pyridine rings is 1. The number of ether oxygens (including phenoxy) is 1. The van der Waals surface area contributed by atoms with Gasteiger partial charge in [0, 0.05) is 51.9 Å². The number of hydrogen-bond donors (Lipinski definition) is 0. The lowest BCUT2D eigenvalue weighted by molar-refractivity contribution is -0.136. The number of amides is 2. The zero-order valence-electron chi connectivity index (χ0n) is 12.3. The molecule has 1 saturated heterocycles. The molecular formula is C15H21N3O3. The molecular weight excluding hydrogens is 270 g/mol. The molecule has 0 aromatic carbocycles. The Hall–Kier alpha value is -1.95. The minimum Gasteiger partial charge on any atom is -0.378 e. The minimum atomic E-state index is -0.0337. The number of aromatic nitrogens is 1. The second-order valence-electron chi connectivity index (χ2n) is 5.05. The SMILES string of the molecule is CC(=O)N(CCC(=O)N1CCOCC1)Cc1cccnc1. The quantitative estimate of drug-likeness (QED) is 0.800. The molecule has 0 bridgehead atoms. The average Bonchev–Trinajstić information content (AvgIpc) is 2.52. The highest BCUT2D eigenvalue weighted by Crippen LogP contribution is 2.06. The molecule has 114 valence electrons. The lowest BCUT2D eigenvalue weighted by Crippen LogP contribution is -2.42. The summed E-state index contributed by atoms with van der Waals surface area (Å²) in [5.74, 6) is 0.0457. The number of morpholine rings is 1. The van der Waals surface area contributed by atoms with Crippen molar-refractivity contribution in [1.82, 2.24) is 14.8 Å². The normalized spacial score (nSPS) is 14.8. The fourth-order valence-corrected chi connectivity index (χ4v) is 2.26. The summed E-state index contributed by atoms with van der Waals surface area (Å²) in [4.78, 5) is 31.3. The average molecular weight is 291 g/mol. The molecule has 2 amide bonds. The van der Waals surface area contributed by atoms with Gasteiger partial charge in [-0.15, -0.1) is 0 Å². The molecule has 1 aromatic rings. The maximum absolute atomic E-state index is 12.1. The lowest BCUT2D eigenvalue weighted by atomic mass is 10.2. The van der Waals surface area contributed by atoms with Gasteiger partial charge in [-0.05, 0) is 11.6 Å². The van der Waals surface area contributed by atoms with E-state index in [0.717, 1.165) is 5.56 Å². The summed E-state index contributed by atoms with van der Waals surface area (Å²) >= 11 is 0. The fourth-order valence-electron chi connectivity index (χ4n) is 2.26.